The van der Waals surface area contributed by atoms with Crippen LogP contribution in [0.15, 0.2) is 78.1 Å². The molecule has 3 aliphatic rings. The fourth-order valence-electron chi connectivity index (χ4n) is 5.34. The summed E-state index contributed by atoms with van der Waals surface area (Å²) in [6.45, 7) is 2.80. The zero-order chi connectivity index (χ0) is 21.3. The Morgan fingerprint density at radius 2 is 1.94 bits per heavy atom. The van der Waals surface area contributed by atoms with Gasteiger partial charge in [-0.1, -0.05) is 42.5 Å². The lowest BCUT2D eigenvalue weighted by molar-refractivity contribution is -0.0620. The average Bonchev–Trinajstić information content (AvgIpc) is 3.15. The van der Waals surface area contributed by atoms with Gasteiger partial charge in [0.1, 0.15) is 17.2 Å². The summed E-state index contributed by atoms with van der Waals surface area (Å²) in [5.74, 6) is 1.27. The molecule has 0 amide bonds. The number of rotatable bonds is 6. The molecule has 0 saturated carbocycles. The van der Waals surface area contributed by atoms with Crippen LogP contribution in [0.5, 0.6) is 0 Å². The van der Waals surface area contributed by atoms with Crippen molar-refractivity contribution in [1.82, 2.24) is 4.90 Å². The van der Waals surface area contributed by atoms with Crippen LogP contribution >= 0.6 is 0 Å². The van der Waals surface area contributed by atoms with Crippen molar-refractivity contribution in [2.75, 3.05) is 19.6 Å². The quantitative estimate of drug-likeness (QED) is 0.570. The fraction of sp³-hybridized carbons (Fsp3) is 0.370. The number of piperidine rings is 1. The van der Waals surface area contributed by atoms with Crippen molar-refractivity contribution >= 4 is 5.78 Å². The Kier molecular flexibility index (Phi) is 5.49. The lowest BCUT2D eigenvalue weighted by Crippen LogP contribution is -2.49. The van der Waals surface area contributed by atoms with Gasteiger partial charge in [-0.3, -0.25) is 4.79 Å². The van der Waals surface area contributed by atoms with Crippen LogP contribution in [0.4, 0.5) is 4.39 Å². The van der Waals surface area contributed by atoms with Gasteiger partial charge in [0.15, 0.2) is 5.78 Å². The monoisotopic (exact) mass is 417 g/mol. The molecule has 2 aromatic rings. The van der Waals surface area contributed by atoms with E-state index < -0.39 is 0 Å². The second-order valence-electron chi connectivity index (χ2n) is 8.81. The van der Waals surface area contributed by atoms with Crippen LogP contribution in [-0.2, 0) is 10.3 Å². The SMILES string of the molecule is O=C(CCCN1CC[C@]2(c3ccccc3)OC3=C(C=CCC3)[C@@H]2C1)c1ccc(F)cc1. The first-order valence-electron chi connectivity index (χ1n) is 11.3. The van der Waals surface area contributed by atoms with Crippen molar-refractivity contribution in [3.8, 4) is 0 Å². The van der Waals surface area contributed by atoms with E-state index in [1.165, 1.54) is 29.0 Å². The lowest BCUT2D eigenvalue weighted by Gasteiger charge is -2.44. The molecule has 0 N–H and O–H groups in total. The molecule has 2 heterocycles. The minimum atomic E-state index is -0.309. The van der Waals surface area contributed by atoms with Crippen LogP contribution in [0, 0.1) is 11.7 Å². The highest BCUT2D eigenvalue weighted by molar-refractivity contribution is 5.95. The van der Waals surface area contributed by atoms with Crippen LogP contribution in [0.25, 0.3) is 0 Å². The third-order valence-electron chi connectivity index (χ3n) is 6.95. The molecule has 31 heavy (non-hydrogen) atoms. The predicted octanol–water partition coefficient (Wildman–Crippen LogP) is 5.64. The van der Waals surface area contributed by atoms with E-state index in [0.29, 0.717) is 17.9 Å². The molecule has 1 aliphatic carbocycles. The second kappa shape index (κ2) is 8.43. The van der Waals surface area contributed by atoms with Crippen molar-refractivity contribution in [3.05, 3.63) is 95.0 Å². The number of fused-ring (bicyclic) bond motifs is 2. The zero-order valence-corrected chi connectivity index (χ0v) is 17.7. The summed E-state index contributed by atoms with van der Waals surface area (Å²) >= 11 is 0. The molecule has 1 fully saturated rings. The highest BCUT2D eigenvalue weighted by atomic mass is 19.1. The number of halogens is 1. The molecular weight excluding hydrogens is 389 g/mol. The summed E-state index contributed by atoms with van der Waals surface area (Å²) < 4.78 is 19.8. The van der Waals surface area contributed by atoms with Crippen molar-refractivity contribution < 1.29 is 13.9 Å². The number of carbonyl (C=O) groups is 1. The number of hydrogen-bond acceptors (Lipinski definition) is 3. The summed E-state index contributed by atoms with van der Waals surface area (Å²) in [7, 11) is 0. The van der Waals surface area contributed by atoms with Gasteiger partial charge in [-0.15, -0.1) is 0 Å². The molecule has 4 heteroatoms. The summed E-state index contributed by atoms with van der Waals surface area (Å²) in [6.07, 6.45) is 8.83. The highest BCUT2D eigenvalue weighted by Crippen LogP contribution is 2.53. The van der Waals surface area contributed by atoms with Crippen LogP contribution in [0.2, 0.25) is 0 Å². The Labute approximate surface area is 183 Å². The van der Waals surface area contributed by atoms with Gasteiger partial charge in [0.2, 0.25) is 0 Å². The van der Waals surface area contributed by atoms with Gasteiger partial charge in [0.05, 0.1) is 0 Å². The first-order valence-corrected chi connectivity index (χ1v) is 11.3. The maximum atomic E-state index is 13.1. The first kappa shape index (κ1) is 20.2. The Bertz CT molecular complexity index is 1010. The molecule has 2 atom stereocenters. The number of ether oxygens (including phenoxy) is 1. The zero-order valence-electron chi connectivity index (χ0n) is 17.7. The van der Waals surface area contributed by atoms with E-state index in [0.717, 1.165) is 45.3 Å². The number of benzene rings is 2. The van der Waals surface area contributed by atoms with Gasteiger partial charge in [-0.2, -0.15) is 0 Å². The van der Waals surface area contributed by atoms with Gasteiger partial charge < -0.3 is 9.64 Å². The number of likely N-dealkylation sites (tertiary alicyclic amines) is 1. The molecule has 2 aromatic carbocycles. The fourth-order valence-corrected chi connectivity index (χ4v) is 5.34. The molecule has 3 nitrogen and oxygen atoms in total. The smallest absolute Gasteiger partial charge is 0.162 e. The summed E-state index contributed by atoms with van der Waals surface area (Å²) in [5.41, 5.74) is 2.96. The van der Waals surface area contributed by atoms with Gasteiger partial charge >= 0.3 is 0 Å². The van der Waals surface area contributed by atoms with Crippen LogP contribution in [0.3, 0.4) is 0 Å². The minimum Gasteiger partial charge on any atom is -0.486 e. The number of hydrogen-bond donors (Lipinski definition) is 0. The van der Waals surface area contributed by atoms with E-state index in [4.69, 9.17) is 4.74 Å². The largest absolute Gasteiger partial charge is 0.486 e. The van der Waals surface area contributed by atoms with E-state index >= 15 is 0 Å². The van der Waals surface area contributed by atoms with Crippen LogP contribution < -0.4 is 0 Å². The number of carbonyl (C=O) groups excluding carboxylic acids is 1. The number of allylic oxidation sites excluding steroid dienone is 3. The molecular formula is C27H28FNO2. The molecule has 1 saturated heterocycles. The highest BCUT2D eigenvalue weighted by Gasteiger charge is 2.52. The number of ketones is 1. The topological polar surface area (TPSA) is 29.5 Å². The minimum absolute atomic E-state index is 0.0834. The maximum Gasteiger partial charge on any atom is 0.162 e. The standard InChI is InChI=1S/C27H28FNO2/c28-22-14-12-20(13-15-22)25(30)10-6-17-29-18-16-27(21-7-2-1-3-8-21)24(19-29)23-9-4-5-11-26(23)31-27/h1-4,7-9,12-15,24H,5-6,10-11,16-19H2/t24-,27+/m0/s1. The van der Waals surface area contributed by atoms with Gasteiger partial charge in [-0.05, 0) is 54.8 Å². The van der Waals surface area contributed by atoms with Crippen LogP contribution in [0.1, 0.15) is 48.0 Å². The first-order chi connectivity index (χ1) is 15.2. The van der Waals surface area contributed by atoms with Crippen LogP contribution in [-0.4, -0.2) is 30.3 Å². The predicted molar refractivity (Wildman–Crippen MR) is 119 cm³/mol. The molecule has 0 bridgehead atoms. The van der Waals surface area contributed by atoms with Gasteiger partial charge in [0.25, 0.3) is 0 Å². The van der Waals surface area contributed by atoms with Crippen molar-refractivity contribution in [3.63, 3.8) is 0 Å². The summed E-state index contributed by atoms with van der Waals surface area (Å²) in [5, 5.41) is 0. The Morgan fingerprint density at radius 1 is 1.13 bits per heavy atom. The third kappa shape index (κ3) is 3.85. The van der Waals surface area contributed by atoms with Crippen molar-refractivity contribution in [1.29, 1.82) is 0 Å². The van der Waals surface area contributed by atoms with E-state index in [1.54, 1.807) is 12.1 Å². The number of Topliss-reactive ketones (excluding diaryl/α,β-unsaturated/α-hetero) is 1. The number of nitrogens with zero attached hydrogens (tertiary/aromatic N) is 1. The normalized spacial score (nSPS) is 25.1. The Morgan fingerprint density at radius 3 is 2.74 bits per heavy atom. The average molecular weight is 418 g/mol. The summed E-state index contributed by atoms with van der Waals surface area (Å²) in [4.78, 5) is 14.9. The third-order valence-corrected chi connectivity index (χ3v) is 6.95. The Balaban J connectivity index is 1.27. The maximum absolute atomic E-state index is 13.1. The molecule has 0 radical (unpaired) electrons. The van der Waals surface area contributed by atoms with E-state index in [9.17, 15) is 9.18 Å². The molecule has 5 rings (SSSR count). The second-order valence-corrected chi connectivity index (χ2v) is 8.81. The lowest BCUT2D eigenvalue weighted by atomic mass is 9.73. The van der Waals surface area contributed by atoms with E-state index in [-0.39, 0.29) is 17.2 Å². The van der Waals surface area contributed by atoms with Gasteiger partial charge in [0, 0.05) is 43.8 Å². The molecule has 160 valence electrons. The molecule has 0 unspecified atom stereocenters. The molecule has 2 aliphatic heterocycles. The Hall–Kier alpha value is -2.72. The molecule has 0 aromatic heterocycles. The van der Waals surface area contributed by atoms with Gasteiger partial charge in [-0.25, -0.2) is 4.39 Å². The van der Waals surface area contributed by atoms with E-state index in [2.05, 4.69) is 47.4 Å². The summed E-state index contributed by atoms with van der Waals surface area (Å²) in [6, 6.07) is 16.5. The van der Waals surface area contributed by atoms with Crippen molar-refractivity contribution in [2.45, 2.75) is 37.7 Å². The van der Waals surface area contributed by atoms with E-state index in [1.807, 2.05) is 0 Å². The molecule has 0 spiro atoms. The van der Waals surface area contributed by atoms with Crippen molar-refractivity contribution in [2.24, 2.45) is 5.92 Å².